The van der Waals surface area contributed by atoms with Crippen molar-refractivity contribution in [1.29, 1.82) is 0 Å². The van der Waals surface area contributed by atoms with Gasteiger partial charge in [0.25, 0.3) is 0 Å². The van der Waals surface area contributed by atoms with Crippen molar-refractivity contribution in [2.75, 3.05) is 57.9 Å². The number of benzene rings is 2. The first-order chi connectivity index (χ1) is 17.6. The molecule has 0 heterocycles. The lowest BCUT2D eigenvalue weighted by atomic mass is 9.93. The molecule has 2 saturated carbocycles. The number of halogens is 3. The molecule has 0 unspecified atom stereocenters. The number of fused-ring (bicyclic) bond motifs is 1. The molecule has 2 aromatic rings. The Balaban J connectivity index is 1.46. The summed E-state index contributed by atoms with van der Waals surface area (Å²) < 4.78 is 13.7. The molecular formula is C28H38Cl2FN5O. The van der Waals surface area contributed by atoms with E-state index in [4.69, 9.17) is 28.9 Å². The monoisotopic (exact) mass is 549 g/mol. The van der Waals surface area contributed by atoms with E-state index in [1.807, 2.05) is 17.0 Å². The molecule has 0 aliphatic heterocycles. The van der Waals surface area contributed by atoms with Gasteiger partial charge in [-0.25, -0.2) is 9.18 Å². The number of anilines is 2. The molecule has 9 heteroatoms. The highest BCUT2D eigenvalue weighted by molar-refractivity contribution is 6.31. The summed E-state index contributed by atoms with van der Waals surface area (Å²) in [6.07, 6.45) is 3.81. The van der Waals surface area contributed by atoms with Gasteiger partial charge in [-0.3, -0.25) is 0 Å². The van der Waals surface area contributed by atoms with Crippen LogP contribution in [0, 0.1) is 11.7 Å². The number of hydrogen-bond donors (Lipinski definition) is 2. The molecule has 4 rings (SSSR count). The summed E-state index contributed by atoms with van der Waals surface area (Å²) in [7, 11) is 4.25. The third kappa shape index (κ3) is 6.51. The molecule has 0 saturated heterocycles. The molecule has 3 N–H and O–H groups in total. The molecular weight excluding hydrogens is 512 g/mol. The normalized spacial score (nSPS) is 22.4. The fourth-order valence-electron chi connectivity index (χ4n) is 5.79. The van der Waals surface area contributed by atoms with Gasteiger partial charge in [0, 0.05) is 47.5 Å². The lowest BCUT2D eigenvalue weighted by molar-refractivity contribution is 0.173. The van der Waals surface area contributed by atoms with Crippen LogP contribution in [0.5, 0.6) is 0 Å². The van der Waals surface area contributed by atoms with Gasteiger partial charge in [-0.05, 0) is 101 Å². The number of carbonyl (C=O) groups is 1. The Morgan fingerprint density at radius 1 is 1.11 bits per heavy atom. The molecule has 202 valence electrons. The second-order valence-electron chi connectivity index (χ2n) is 10.7. The molecule has 2 amide bonds. The minimum absolute atomic E-state index is 0.0105. The summed E-state index contributed by atoms with van der Waals surface area (Å²) in [6.45, 7) is 6.72. The Labute approximate surface area is 229 Å². The van der Waals surface area contributed by atoms with Gasteiger partial charge in [0.15, 0.2) is 0 Å². The number of nitrogen functional groups attached to an aromatic ring is 1. The third-order valence-electron chi connectivity index (χ3n) is 8.15. The Kier molecular flexibility index (Phi) is 8.89. The SMILES string of the molecule is CCN(C)CCN(C)CCCN(C(=O)Nc1ccc(F)c(Cl)c1)[C@@H]1CC[C@]2(c3cc(N)cc(Cl)c3)C[C@H]12. The molecule has 2 fully saturated rings. The number of nitrogens with two attached hydrogens (primary N) is 1. The summed E-state index contributed by atoms with van der Waals surface area (Å²) in [5.74, 6) is -0.142. The first kappa shape index (κ1) is 28.0. The zero-order valence-corrected chi connectivity index (χ0v) is 23.5. The lowest BCUT2D eigenvalue weighted by Gasteiger charge is -2.31. The van der Waals surface area contributed by atoms with Crippen molar-refractivity contribution in [3.05, 3.63) is 57.8 Å². The number of carbonyl (C=O) groups excluding carboxylic acids is 1. The van der Waals surface area contributed by atoms with Crippen LogP contribution in [0.4, 0.5) is 20.6 Å². The summed E-state index contributed by atoms with van der Waals surface area (Å²) >= 11 is 12.3. The van der Waals surface area contributed by atoms with Crippen LogP contribution in [0.25, 0.3) is 0 Å². The van der Waals surface area contributed by atoms with Gasteiger partial charge in [0.05, 0.1) is 5.02 Å². The molecule has 37 heavy (non-hydrogen) atoms. The zero-order valence-electron chi connectivity index (χ0n) is 21.9. The van der Waals surface area contributed by atoms with Crippen molar-refractivity contribution in [3.8, 4) is 0 Å². The van der Waals surface area contributed by atoms with Crippen molar-refractivity contribution in [3.63, 3.8) is 0 Å². The molecule has 2 aliphatic carbocycles. The minimum Gasteiger partial charge on any atom is -0.399 e. The molecule has 0 spiro atoms. The smallest absolute Gasteiger partial charge is 0.322 e. The zero-order chi connectivity index (χ0) is 26.7. The predicted octanol–water partition coefficient (Wildman–Crippen LogP) is 5.94. The van der Waals surface area contributed by atoms with E-state index in [0.717, 1.165) is 51.9 Å². The Hall–Kier alpha value is -2.06. The highest BCUT2D eigenvalue weighted by Gasteiger charge is 2.64. The van der Waals surface area contributed by atoms with Crippen molar-refractivity contribution in [2.45, 2.75) is 44.1 Å². The number of likely N-dealkylation sites (N-methyl/N-ethyl adjacent to an activating group) is 2. The van der Waals surface area contributed by atoms with Crippen LogP contribution in [0.3, 0.4) is 0 Å². The van der Waals surface area contributed by atoms with Gasteiger partial charge >= 0.3 is 6.03 Å². The molecule has 2 aromatic carbocycles. The maximum Gasteiger partial charge on any atom is 0.322 e. The fraction of sp³-hybridized carbons (Fsp3) is 0.536. The average Bonchev–Trinajstić information content (AvgIpc) is 3.48. The Bertz CT molecular complexity index is 1100. The van der Waals surface area contributed by atoms with Crippen molar-refractivity contribution < 1.29 is 9.18 Å². The third-order valence-corrected chi connectivity index (χ3v) is 8.66. The van der Waals surface area contributed by atoms with Crippen LogP contribution in [0.1, 0.15) is 38.2 Å². The fourth-order valence-corrected chi connectivity index (χ4v) is 6.21. The van der Waals surface area contributed by atoms with E-state index < -0.39 is 5.82 Å². The maximum atomic E-state index is 13.7. The molecule has 3 atom stereocenters. The van der Waals surface area contributed by atoms with E-state index in [1.54, 1.807) is 12.1 Å². The van der Waals surface area contributed by atoms with Gasteiger partial charge in [0.1, 0.15) is 5.82 Å². The number of amides is 2. The average molecular weight is 551 g/mol. The highest BCUT2D eigenvalue weighted by atomic mass is 35.5. The molecule has 0 aromatic heterocycles. The maximum absolute atomic E-state index is 13.7. The van der Waals surface area contributed by atoms with E-state index in [2.05, 4.69) is 36.1 Å². The topological polar surface area (TPSA) is 64.8 Å². The van der Waals surface area contributed by atoms with Gasteiger partial charge in [-0.15, -0.1) is 0 Å². The first-order valence-electron chi connectivity index (χ1n) is 13.1. The summed E-state index contributed by atoms with van der Waals surface area (Å²) in [4.78, 5) is 20.1. The number of urea groups is 1. The standard InChI is InChI=1S/C28H38Cl2FN5O/c1-4-34(2)12-13-35(3)10-5-11-36(27(37)33-22-6-7-25(31)24(30)17-22)26-8-9-28(18-23(26)28)19-14-20(29)16-21(32)15-19/h6-7,14-17,23,26H,4-5,8-13,18,32H2,1-3H3,(H,33,37)/t23-,26-,28-/m1/s1. The number of nitrogens with zero attached hydrogens (tertiary/aromatic N) is 3. The second-order valence-corrected chi connectivity index (χ2v) is 11.5. The quantitative estimate of drug-likeness (QED) is 0.340. The number of rotatable bonds is 11. The van der Waals surface area contributed by atoms with Crippen LogP contribution in [-0.2, 0) is 5.41 Å². The highest BCUT2D eigenvalue weighted by Crippen LogP contribution is 2.65. The minimum atomic E-state index is -0.507. The van der Waals surface area contributed by atoms with Crippen LogP contribution < -0.4 is 11.1 Å². The molecule has 0 radical (unpaired) electrons. The van der Waals surface area contributed by atoms with Gasteiger partial charge < -0.3 is 25.8 Å². The summed E-state index contributed by atoms with van der Waals surface area (Å²) in [5.41, 5.74) is 8.47. The van der Waals surface area contributed by atoms with Crippen molar-refractivity contribution in [2.24, 2.45) is 5.92 Å². The first-order valence-corrected chi connectivity index (χ1v) is 13.8. The Morgan fingerprint density at radius 2 is 1.86 bits per heavy atom. The molecule has 2 aliphatic rings. The number of hydrogen-bond acceptors (Lipinski definition) is 4. The Morgan fingerprint density at radius 3 is 2.54 bits per heavy atom. The largest absolute Gasteiger partial charge is 0.399 e. The van der Waals surface area contributed by atoms with E-state index >= 15 is 0 Å². The summed E-state index contributed by atoms with van der Waals surface area (Å²) in [5, 5.41) is 3.60. The van der Waals surface area contributed by atoms with Gasteiger partial charge in [0.2, 0.25) is 0 Å². The van der Waals surface area contributed by atoms with Crippen LogP contribution in [0.15, 0.2) is 36.4 Å². The molecule has 6 nitrogen and oxygen atoms in total. The second kappa shape index (κ2) is 11.8. The lowest BCUT2D eigenvalue weighted by Crippen LogP contribution is -2.44. The van der Waals surface area contributed by atoms with E-state index in [0.29, 0.717) is 28.9 Å². The van der Waals surface area contributed by atoms with Crippen LogP contribution in [-0.4, -0.2) is 73.6 Å². The van der Waals surface area contributed by atoms with Crippen LogP contribution >= 0.6 is 23.2 Å². The van der Waals surface area contributed by atoms with E-state index in [9.17, 15) is 9.18 Å². The van der Waals surface area contributed by atoms with Gasteiger partial charge in [-0.1, -0.05) is 30.1 Å². The van der Waals surface area contributed by atoms with Crippen molar-refractivity contribution >= 4 is 40.6 Å². The summed E-state index contributed by atoms with van der Waals surface area (Å²) in [6, 6.07) is 10.0. The van der Waals surface area contributed by atoms with Crippen molar-refractivity contribution in [1.82, 2.24) is 14.7 Å². The number of nitrogens with one attached hydrogen (secondary N) is 1. The predicted molar refractivity (Wildman–Crippen MR) is 151 cm³/mol. The molecule has 0 bridgehead atoms. The van der Waals surface area contributed by atoms with E-state index in [-0.39, 0.29) is 22.5 Å². The van der Waals surface area contributed by atoms with Crippen LogP contribution in [0.2, 0.25) is 10.0 Å². The van der Waals surface area contributed by atoms with E-state index in [1.165, 1.54) is 17.7 Å². The van der Waals surface area contributed by atoms with Gasteiger partial charge in [-0.2, -0.15) is 0 Å².